The molecule has 0 radical (unpaired) electrons. The maximum absolute atomic E-state index is 5.60. The smallest absolute Gasteiger partial charge is 0.119 e. The highest BCUT2D eigenvalue weighted by atomic mass is 16.5. The van der Waals surface area contributed by atoms with Gasteiger partial charge in [0.05, 0.1) is 6.61 Å². The van der Waals surface area contributed by atoms with Crippen molar-refractivity contribution < 1.29 is 4.74 Å². The molecule has 1 fully saturated rings. The summed E-state index contributed by atoms with van der Waals surface area (Å²) in [7, 11) is 0. The highest BCUT2D eigenvalue weighted by Gasteiger charge is 2.44. The summed E-state index contributed by atoms with van der Waals surface area (Å²) < 4.78 is 5.60. The Kier molecular flexibility index (Phi) is 4.51. The molecular formula is C17H27NO. The summed E-state index contributed by atoms with van der Waals surface area (Å²) in [6.07, 6.45) is 2.41. The Balaban J connectivity index is 1.80. The van der Waals surface area contributed by atoms with Crippen molar-refractivity contribution in [2.75, 3.05) is 13.2 Å². The third-order valence-electron chi connectivity index (χ3n) is 4.24. The van der Waals surface area contributed by atoms with E-state index in [0.717, 1.165) is 31.2 Å². The summed E-state index contributed by atoms with van der Waals surface area (Å²) in [5.41, 5.74) is 1.90. The van der Waals surface area contributed by atoms with E-state index < -0.39 is 0 Å². The molecule has 106 valence electrons. The fourth-order valence-corrected chi connectivity index (χ4v) is 2.43. The molecule has 19 heavy (non-hydrogen) atoms. The lowest BCUT2D eigenvalue weighted by molar-refractivity contribution is 0.317. The largest absolute Gasteiger partial charge is 0.494 e. The van der Waals surface area contributed by atoms with Crippen LogP contribution >= 0.6 is 0 Å². The van der Waals surface area contributed by atoms with Crippen LogP contribution in [0.5, 0.6) is 5.75 Å². The van der Waals surface area contributed by atoms with E-state index in [2.05, 4.69) is 57.3 Å². The number of ether oxygens (including phenoxy) is 1. The van der Waals surface area contributed by atoms with E-state index in [9.17, 15) is 0 Å². The molecule has 2 heteroatoms. The Hall–Kier alpha value is -1.02. The van der Waals surface area contributed by atoms with Gasteiger partial charge in [-0.1, -0.05) is 32.9 Å². The van der Waals surface area contributed by atoms with Gasteiger partial charge in [-0.15, -0.1) is 0 Å². The Morgan fingerprint density at radius 1 is 1.32 bits per heavy atom. The molecule has 2 nitrogen and oxygen atoms in total. The monoisotopic (exact) mass is 261 g/mol. The van der Waals surface area contributed by atoms with Crippen molar-refractivity contribution in [3.63, 3.8) is 0 Å². The summed E-state index contributed by atoms with van der Waals surface area (Å²) in [6, 6.07) is 8.90. The summed E-state index contributed by atoms with van der Waals surface area (Å²) in [4.78, 5) is 0. The number of nitrogens with one attached hydrogen (secondary N) is 1. The highest BCUT2D eigenvalue weighted by Crippen LogP contribution is 2.51. The molecule has 1 aliphatic rings. The van der Waals surface area contributed by atoms with Gasteiger partial charge in [0, 0.05) is 6.04 Å². The summed E-state index contributed by atoms with van der Waals surface area (Å²) in [5, 5.41) is 3.64. The molecule has 2 unspecified atom stereocenters. The van der Waals surface area contributed by atoms with Gasteiger partial charge in [-0.2, -0.15) is 0 Å². The van der Waals surface area contributed by atoms with E-state index in [-0.39, 0.29) is 0 Å². The molecular weight excluding hydrogens is 234 g/mol. The molecule has 0 bridgehead atoms. The van der Waals surface area contributed by atoms with Crippen LogP contribution in [0, 0.1) is 11.3 Å². The lowest BCUT2D eigenvalue weighted by Gasteiger charge is -2.15. The molecule has 0 aromatic heterocycles. The van der Waals surface area contributed by atoms with Gasteiger partial charge >= 0.3 is 0 Å². The molecule has 0 saturated heterocycles. The van der Waals surface area contributed by atoms with Gasteiger partial charge in [0.2, 0.25) is 0 Å². The van der Waals surface area contributed by atoms with Crippen molar-refractivity contribution in [2.45, 2.75) is 46.6 Å². The van der Waals surface area contributed by atoms with Crippen LogP contribution in [0.15, 0.2) is 24.3 Å². The fraction of sp³-hybridized carbons (Fsp3) is 0.647. The number of rotatable bonds is 7. The van der Waals surface area contributed by atoms with Crippen molar-refractivity contribution in [3.05, 3.63) is 29.8 Å². The van der Waals surface area contributed by atoms with Gasteiger partial charge in [0.1, 0.15) is 5.75 Å². The van der Waals surface area contributed by atoms with E-state index in [1.165, 1.54) is 12.0 Å². The SMILES string of the molecule is CCCOc1ccc(C(C)NCC2CC2(C)C)cc1. The number of hydrogen-bond donors (Lipinski definition) is 1. The molecule has 2 atom stereocenters. The van der Waals surface area contributed by atoms with E-state index >= 15 is 0 Å². The van der Waals surface area contributed by atoms with E-state index in [1.54, 1.807) is 0 Å². The van der Waals surface area contributed by atoms with Gasteiger partial charge in [0.15, 0.2) is 0 Å². The Morgan fingerprint density at radius 2 is 1.95 bits per heavy atom. The minimum absolute atomic E-state index is 0.414. The van der Waals surface area contributed by atoms with Gasteiger partial charge in [-0.3, -0.25) is 0 Å². The average molecular weight is 261 g/mol. The lowest BCUT2D eigenvalue weighted by atomic mass is 10.1. The van der Waals surface area contributed by atoms with Crippen LogP contribution in [-0.4, -0.2) is 13.2 Å². The van der Waals surface area contributed by atoms with Crippen molar-refractivity contribution in [2.24, 2.45) is 11.3 Å². The second-order valence-electron chi connectivity index (χ2n) is 6.44. The number of hydrogen-bond acceptors (Lipinski definition) is 2. The first-order chi connectivity index (χ1) is 9.03. The molecule has 0 amide bonds. The highest BCUT2D eigenvalue weighted by molar-refractivity contribution is 5.29. The molecule has 0 heterocycles. The fourth-order valence-electron chi connectivity index (χ4n) is 2.43. The first-order valence-corrected chi connectivity index (χ1v) is 7.49. The van der Waals surface area contributed by atoms with Crippen LogP contribution in [-0.2, 0) is 0 Å². The zero-order chi connectivity index (χ0) is 13.9. The predicted molar refractivity (Wildman–Crippen MR) is 80.5 cm³/mol. The Bertz CT molecular complexity index is 396. The van der Waals surface area contributed by atoms with Crippen molar-refractivity contribution in [1.29, 1.82) is 0 Å². The molecule has 1 aromatic carbocycles. The molecule has 0 aliphatic heterocycles. The first kappa shape index (κ1) is 14.4. The predicted octanol–water partition coefficient (Wildman–Crippen LogP) is 4.17. The maximum atomic E-state index is 5.60. The Morgan fingerprint density at radius 3 is 2.47 bits per heavy atom. The third kappa shape index (κ3) is 3.97. The quantitative estimate of drug-likeness (QED) is 0.795. The zero-order valence-corrected chi connectivity index (χ0v) is 12.7. The Labute approximate surface area is 117 Å². The minimum Gasteiger partial charge on any atom is -0.494 e. The van der Waals surface area contributed by atoms with Crippen LogP contribution in [0.25, 0.3) is 0 Å². The molecule has 0 spiro atoms. The van der Waals surface area contributed by atoms with E-state index in [4.69, 9.17) is 4.74 Å². The standard InChI is InChI=1S/C17H27NO/c1-5-10-19-16-8-6-14(7-9-16)13(2)18-12-15-11-17(15,3)4/h6-9,13,15,18H,5,10-12H2,1-4H3. The van der Waals surface area contributed by atoms with Gasteiger partial charge < -0.3 is 10.1 Å². The van der Waals surface area contributed by atoms with Crippen LogP contribution in [0.3, 0.4) is 0 Å². The van der Waals surface area contributed by atoms with Gasteiger partial charge in [-0.05, 0) is 55.3 Å². The van der Waals surface area contributed by atoms with Crippen molar-refractivity contribution in [3.8, 4) is 5.75 Å². The lowest BCUT2D eigenvalue weighted by Crippen LogP contribution is -2.22. The second-order valence-corrected chi connectivity index (χ2v) is 6.44. The first-order valence-electron chi connectivity index (χ1n) is 7.49. The van der Waals surface area contributed by atoms with Crippen LogP contribution in [0.2, 0.25) is 0 Å². The normalized spacial score (nSPS) is 22.0. The van der Waals surface area contributed by atoms with Crippen LogP contribution < -0.4 is 10.1 Å². The van der Waals surface area contributed by atoms with Crippen LogP contribution in [0.4, 0.5) is 0 Å². The van der Waals surface area contributed by atoms with E-state index in [1.807, 2.05) is 0 Å². The van der Waals surface area contributed by atoms with E-state index in [0.29, 0.717) is 11.5 Å². The summed E-state index contributed by atoms with van der Waals surface area (Å²) in [6.45, 7) is 11.0. The minimum atomic E-state index is 0.414. The molecule has 2 rings (SSSR count). The summed E-state index contributed by atoms with van der Waals surface area (Å²) in [5.74, 6) is 1.82. The molecule has 1 N–H and O–H groups in total. The molecule has 1 saturated carbocycles. The molecule has 1 aromatic rings. The van der Waals surface area contributed by atoms with Crippen molar-refractivity contribution in [1.82, 2.24) is 5.32 Å². The summed E-state index contributed by atoms with van der Waals surface area (Å²) >= 11 is 0. The molecule has 1 aliphatic carbocycles. The van der Waals surface area contributed by atoms with Gasteiger partial charge in [-0.25, -0.2) is 0 Å². The second kappa shape index (κ2) is 5.96. The third-order valence-corrected chi connectivity index (χ3v) is 4.24. The van der Waals surface area contributed by atoms with Crippen LogP contribution in [0.1, 0.15) is 52.1 Å². The zero-order valence-electron chi connectivity index (χ0n) is 12.7. The average Bonchev–Trinajstić information content (AvgIpc) is 3.02. The van der Waals surface area contributed by atoms with Crippen molar-refractivity contribution >= 4 is 0 Å². The maximum Gasteiger partial charge on any atom is 0.119 e. The van der Waals surface area contributed by atoms with Gasteiger partial charge in [0.25, 0.3) is 0 Å². The number of benzene rings is 1. The topological polar surface area (TPSA) is 21.3 Å².